The van der Waals surface area contributed by atoms with Gasteiger partial charge in [0.1, 0.15) is 5.75 Å². The third kappa shape index (κ3) is 3.22. The van der Waals surface area contributed by atoms with Crippen molar-refractivity contribution in [2.45, 2.75) is 9.79 Å². The largest absolute Gasteiger partial charge is 0.508 e. The van der Waals surface area contributed by atoms with Crippen LogP contribution in [-0.2, 0) is 10.9 Å². The molecule has 100 valence electrons. The zero-order chi connectivity index (χ0) is 14.4. The molecule has 0 radical (unpaired) electrons. The van der Waals surface area contributed by atoms with E-state index in [-0.39, 0.29) is 16.6 Å². The van der Waals surface area contributed by atoms with E-state index in [1.165, 1.54) is 4.90 Å². The van der Waals surface area contributed by atoms with E-state index in [1.807, 2.05) is 42.5 Å². The average Bonchev–Trinajstić information content (AvgIpc) is 2.49. The zero-order valence-electron chi connectivity index (χ0n) is 11.2. The number of allylic oxidation sites excluding steroid dienone is 3. The predicted molar refractivity (Wildman–Crippen MR) is 86.9 cm³/mol. The molecule has 0 heterocycles. The molecule has 0 fully saturated rings. The summed E-state index contributed by atoms with van der Waals surface area (Å²) in [6.07, 6.45) is 5.63. The molecule has 0 amide bonds. The maximum Gasteiger partial charge on any atom is 0.166 e. The van der Waals surface area contributed by atoms with Crippen molar-refractivity contribution in [1.29, 1.82) is 0 Å². The molecular weight excluding hydrogens is 264 g/mol. The van der Waals surface area contributed by atoms with Crippen molar-refractivity contribution < 1.29 is 5.11 Å². The minimum Gasteiger partial charge on any atom is -0.508 e. The second-order valence-corrected chi connectivity index (χ2v) is 6.15. The van der Waals surface area contributed by atoms with Crippen LogP contribution >= 0.6 is 0 Å². The summed E-state index contributed by atoms with van der Waals surface area (Å²) in [7, 11) is -0.237. The highest BCUT2D eigenvalue weighted by Gasteiger charge is 2.28. The Morgan fingerprint density at radius 3 is 2.05 bits per heavy atom. The molecule has 0 aliphatic heterocycles. The Labute approximate surface area is 122 Å². The summed E-state index contributed by atoms with van der Waals surface area (Å²) in [4.78, 5) is 3.46. The molecule has 2 aromatic carbocycles. The topological polar surface area (TPSA) is 20.2 Å². The number of aromatic hydroxyl groups is 1. The molecule has 20 heavy (non-hydrogen) atoms. The van der Waals surface area contributed by atoms with Gasteiger partial charge in [0.25, 0.3) is 0 Å². The van der Waals surface area contributed by atoms with Gasteiger partial charge in [-0.3, -0.25) is 0 Å². The molecular formula is C18H17OS+. The van der Waals surface area contributed by atoms with Gasteiger partial charge >= 0.3 is 0 Å². The molecule has 1 unspecified atom stereocenters. The van der Waals surface area contributed by atoms with Crippen molar-refractivity contribution in [3.63, 3.8) is 0 Å². The number of phenols is 1. The summed E-state index contributed by atoms with van der Waals surface area (Å²) in [5, 5.41) is 9.46. The monoisotopic (exact) mass is 281 g/mol. The first-order valence-electron chi connectivity index (χ1n) is 6.30. The van der Waals surface area contributed by atoms with E-state index in [9.17, 15) is 5.11 Å². The van der Waals surface area contributed by atoms with Gasteiger partial charge in [-0.2, -0.15) is 0 Å². The molecule has 0 aliphatic rings. The van der Waals surface area contributed by atoms with Gasteiger partial charge in [0.15, 0.2) is 14.7 Å². The van der Waals surface area contributed by atoms with Crippen molar-refractivity contribution in [2.75, 3.05) is 0 Å². The van der Waals surface area contributed by atoms with Crippen LogP contribution < -0.4 is 0 Å². The number of phenolic OH excluding ortho intramolecular Hbond substituents is 1. The fourth-order valence-electron chi connectivity index (χ4n) is 1.88. The highest BCUT2D eigenvalue weighted by molar-refractivity contribution is 8.00. The summed E-state index contributed by atoms with van der Waals surface area (Å²) >= 11 is 0. The maximum atomic E-state index is 9.46. The highest BCUT2D eigenvalue weighted by atomic mass is 32.2. The third-order valence-corrected chi connectivity index (χ3v) is 5.03. The van der Waals surface area contributed by atoms with E-state index in [4.69, 9.17) is 0 Å². The van der Waals surface area contributed by atoms with E-state index < -0.39 is 0 Å². The van der Waals surface area contributed by atoms with Crippen molar-refractivity contribution in [1.82, 2.24) is 0 Å². The van der Waals surface area contributed by atoms with Crippen LogP contribution in [0.25, 0.3) is 0 Å². The quantitative estimate of drug-likeness (QED) is 0.623. The molecule has 0 aliphatic carbocycles. The van der Waals surface area contributed by atoms with E-state index >= 15 is 0 Å². The summed E-state index contributed by atoms with van der Waals surface area (Å²) in [5.74, 6) is 0.276. The number of hydrogen-bond donors (Lipinski definition) is 1. The smallest absolute Gasteiger partial charge is 0.166 e. The van der Waals surface area contributed by atoms with Crippen LogP contribution in [0.3, 0.4) is 0 Å². The number of hydrogen-bond acceptors (Lipinski definition) is 1. The van der Waals surface area contributed by atoms with Crippen LogP contribution in [-0.4, -0.2) is 5.11 Å². The lowest BCUT2D eigenvalue weighted by Gasteiger charge is -2.08. The number of rotatable bonds is 5. The van der Waals surface area contributed by atoms with E-state index in [0.29, 0.717) is 0 Å². The van der Waals surface area contributed by atoms with Crippen LogP contribution in [0.4, 0.5) is 0 Å². The Balaban J connectivity index is 2.54. The van der Waals surface area contributed by atoms with E-state index in [0.717, 1.165) is 9.80 Å². The average molecular weight is 281 g/mol. The molecule has 0 saturated heterocycles. The van der Waals surface area contributed by atoms with Gasteiger partial charge in [0.2, 0.25) is 0 Å². The fourth-order valence-corrected chi connectivity index (χ4v) is 3.94. The molecule has 2 heteroatoms. The Kier molecular flexibility index (Phi) is 4.85. The summed E-state index contributed by atoms with van der Waals surface area (Å²) in [6.45, 7) is 7.68. The van der Waals surface area contributed by atoms with Crippen LogP contribution in [0.2, 0.25) is 0 Å². The number of benzene rings is 2. The predicted octanol–water partition coefficient (Wildman–Crippen LogP) is 4.68. The summed E-state index contributed by atoms with van der Waals surface area (Å²) < 4.78 is 0. The van der Waals surface area contributed by atoms with Gasteiger partial charge < -0.3 is 5.11 Å². The molecule has 1 atom stereocenters. The minimum absolute atomic E-state index is 0.237. The Hall–Kier alpha value is -2.19. The van der Waals surface area contributed by atoms with Gasteiger partial charge in [0.05, 0.1) is 10.9 Å². The molecule has 0 spiro atoms. The normalized spacial score (nSPS) is 12.7. The van der Waals surface area contributed by atoms with Crippen molar-refractivity contribution in [3.8, 4) is 5.75 Å². The van der Waals surface area contributed by atoms with Crippen molar-refractivity contribution >= 4 is 10.9 Å². The maximum absolute atomic E-state index is 9.46. The Morgan fingerprint density at radius 1 is 0.900 bits per heavy atom. The van der Waals surface area contributed by atoms with Gasteiger partial charge in [-0.1, -0.05) is 37.4 Å². The molecule has 2 aromatic rings. The third-order valence-electron chi connectivity index (χ3n) is 2.77. The van der Waals surface area contributed by atoms with Gasteiger partial charge in [-0.25, -0.2) is 0 Å². The highest BCUT2D eigenvalue weighted by Crippen LogP contribution is 2.31. The van der Waals surface area contributed by atoms with Gasteiger partial charge in [-0.15, -0.1) is 0 Å². The molecule has 0 bridgehead atoms. The summed E-state index contributed by atoms with van der Waals surface area (Å²) in [5.41, 5.74) is 0. The lowest BCUT2D eigenvalue weighted by molar-refractivity contribution is 0.475. The lowest BCUT2D eigenvalue weighted by atomic mass is 10.3. The molecule has 1 N–H and O–H groups in total. The van der Waals surface area contributed by atoms with Gasteiger partial charge in [-0.05, 0) is 48.6 Å². The van der Waals surface area contributed by atoms with Crippen molar-refractivity contribution in [2.24, 2.45) is 0 Å². The van der Waals surface area contributed by atoms with Crippen LogP contribution in [0.1, 0.15) is 0 Å². The van der Waals surface area contributed by atoms with Crippen LogP contribution in [0.5, 0.6) is 5.75 Å². The molecule has 0 saturated carbocycles. The lowest BCUT2D eigenvalue weighted by Crippen LogP contribution is -2.05. The molecule has 2 rings (SSSR count). The first-order valence-corrected chi connectivity index (χ1v) is 7.52. The first kappa shape index (κ1) is 14.2. The SMILES string of the molecule is C=C/C=C(\C=C)[S+](c1ccccc1)c1ccc(O)cc1. The molecule has 0 aromatic heterocycles. The van der Waals surface area contributed by atoms with Gasteiger partial charge in [0, 0.05) is 0 Å². The second-order valence-electron chi connectivity index (χ2n) is 4.12. The first-order chi connectivity index (χ1) is 9.76. The fraction of sp³-hybridized carbons (Fsp3) is 0. The summed E-state index contributed by atoms with van der Waals surface area (Å²) in [6, 6.07) is 17.6. The Morgan fingerprint density at radius 2 is 1.50 bits per heavy atom. The van der Waals surface area contributed by atoms with Crippen LogP contribution in [0.15, 0.2) is 101 Å². The van der Waals surface area contributed by atoms with E-state index in [1.54, 1.807) is 18.2 Å². The van der Waals surface area contributed by atoms with Crippen molar-refractivity contribution in [3.05, 3.63) is 90.9 Å². The van der Waals surface area contributed by atoms with E-state index in [2.05, 4.69) is 25.3 Å². The Bertz CT molecular complexity index is 612. The molecule has 1 nitrogen and oxygen atoms in total. The second kappa shape index (κ2) is 6.83. The standard InChI is InChI=1S/C18H16OS/c1-3-8-16(4-2)20(17-9-6-5-7-10-17)18-13-11-15(19)12-14-18/h3-14H,1-2H2/p+1/b16-8+. The zero-order valence-corrected chi connectivity index (χ0v) is 12.0. The minimum atomic E-state index is -0.237. The van der Waals surface area contributed by atoms with Crippen LogP contribution in [0, 0.1) is 0 Å².